The van der Waals surface area contributed by atoms with E-state index in [2.05, 4.69) is 15.8 Å². The van der Waals surface area contributed by atoms with Crippen LogP contribution < -0.4 is 10.6 Å². The average Bonchev–Trinajstić information content (AvgIpc) is 3.11. The van der Waals surface area contributed by atoms with Gasteiger partial charge in [0.25, 0.3) is 5.91 Å². The molecule has 1 aromatic carbocycles. The van der Waals surface area contributed by atoms with Crippen molar-refractivity contribution in [1.82, 2.24) is 15.8 Å². The third-order valence-corrected chi connectivity index (χ3v) is 4.79. The van der Waals surface area contributed by atoms with Gasteiger partial charge in [0, 0.05) is 24.7 Å². The Balaban J connectivity index is 1.71. The maximum Gasteiger partial charge on any atom is 0.308 e. The molecule has 1 fully saturated rings. The van der Waals surface area contributed by atoms with Crippen LogP contribution in [0.3, 0.4) is 0 Å². The minimum absolute atomic E-state index is 0.00409. The van der Waals surface area contributed by atoms with E-state index in [4.69, 9.17) is 4.52 Å². The van der Waals surface area contributed by atoms with E-state index < -0.39 is 35.5 Å². The Hall–Kier alpha value is -2.81. The van der Waals surface area contributed by atoms with E-state index in [1.54, 1.807) is 6.92 Å². The normalized spacial score (nSPS) is 20.9. The van der Waals surface area contributed by atoms with Crippen molar-refractivity contribution in [1.29, 1.82) is 0 Å². The number of rotatable bonds is 5. The Bertz CT molecular complexity index is 855. The zero-order valence-electron chi connectivity index (χ0n) is 14.5. The van der Waals surface area contributed by atoms with E-state index in [1.807, 2.05) is 0 Å². The van der Waals surface area contributed by atoms with Crippen LogP contribution in [0, 0.1) is 23.5 Å². The first-order chi connectivity index (χ1) is 12.9. The lowest BCUT2D eigenvalue weighted by Gasteiger charge is -2.33. The van der Waals surface area contributed by atoms with Gasteiger partial charge < -0.3 is 20.3 Å². The maximum atomic E-state index is 13.8. The van der Waals surface area contributed by atoms with Gasteiger partial charge in [0.1, 0.15) is 11.6 Å². The second kappa shape index (κ2) is 7.83. The minimum atomic E-state index is -0.913. The lowest BCUT2D eigenvalue weighted by molar-refractivity contribution is -0.144. The Morgan fingerprint density at radius 1 is 1.37 bits per heavy atom. The molecule has 2 aromatic rings. The lowest BCUT2D eigenvalue weighted by Crippen LogP contribution is -2.50. The van der Waals surface area contributed by atoms with Crippen LogP contribution in [0.5, 0.6) is 0 Å². The highest BCUT2D eigenvalue weighted by Gasteiger charge is 2.35. The number of aliphatic carboxylic acids is 1. The second-order valence-electron chi connectivity index (χ2n) is 6.56. The van der Waals surface area contributed by atoms with Crippen molar-refractivity contribution < 1.29 is 28.0 Å². The van der Waals surface area contributed by atoms with Crippen LogP contribution in [0.25, 0.3) is 11.3 Å². The Kier molecular flexibility index (Phi) is 5.50. The summed E-state index contributed by atoms with van der Waals surface area (Å²) < 4.78 is 31.8. The van der Waals surface area contributed by atoms with Gasteiger partial charge in [0.15, 0.2) is 11.5 Å². The molecule has 27 heavy (non-hydrogen) atoms. The van der Waals surface area contributed by atoms with E-state index in [-0.39, 0.29) is 22.9 Å². The molecule has 7 nitrogen and oxygen atoms in total. The lowest BCUT2D eigenvalue weighted by atomic mass is 9.81. The van der Waals surface area contributed by atoms with Gasteiger partial charge in [-0.2, -0.15) is 0 Å². The number of carboxylic acid groups (broad SMARTS) is 1. The average molecular weight is 379 g/mol. The van der Waals surface area contributed by atoms with Crippen molar-refractivity contribution in [3.05, 3.63) is 41.6 Å². The standard InChI is InChI=1S/C18H19F2N3O4/c1-9(11-4-5-21-8-13(11)18(25)26)22-17(24)15-7-16(27-23-15)12-3-2-10(19)6-14(12)20/h2-3,6-7,9,11,13,21H,4-5,8H2,1H3,(H,22,24)(H,25,26)/t9?,11-,13-/m1/s1. The molecule has 3 atom stereocenters. The first-order valence-electron chi connectivity index (χ1n) is 8.53. The number of carbonyl (C=O) groups is 2. The SMILES string of the molecule is CC(NC(=O)c1cc(-c2ccc(F)cc2F)on1)[C@H]1CCNC[C@H]1C(=O)O. The molecule has 1 aromatic heterocycles. The van der Waals surface area contributed by atoms with Crippen LogP contribution in [0.1, 0.15) is 23.8 Å². The summed E-state index contributed by atoms with van der Waals surface area (Å²) in [6.45, 7) is 2.76. The van der Waals surface area contributed by atoms with E-state index in [0.29, 0.717) is 25.6 Å². The number of hydrogen-bond acceptors (Lipinski definition) is 5. The van der Waals surface area contributed by atoms with Gasteiger partial charge in [-0.15, -0.1) is 0 Å². The number of halogens is 2. The molecule has 3 rings (SSSR count). The van der Waals surface area contributed by atoms with Gasteiger partial charge in [0.2, 0.25) is 0 Å². The molecule has 144 valence electrons. The fourth-order valence-electron chi connectivity index (χ4n) is 3.33. The molecule has 1 aliphatic rings. The van der Waals surface area contributed by atoms with Crippen LogP contribution in [0.2, 0.25) is 0 Å². The summed E-state index contributed by atoms with van der Waals surface area (Å²) in [5.74, 6) is -3.85. The van der Waals surface area contributed by atoms with Crippen LogP contribution in [0.4, 0.5) is 8.78 Å². The number of amides is 1. The molecule has 3 N–H and O–H groups in total. The summed E-state index contributed by atoms with van der Waals surface area (Å²) >= 11 is 0. The molecule has 0 saturated carbocycles. The van der Waals surface area contributed by atoms with E-state index in [9.17, 15) is 23.5 Å². The number of aromatic nitrogens is 1. The van der Waals surface area contributed by atoms with Crippen LogP contribution in [-0.2, 0) is 4.79 Å². The number of benzene rings is 1. The van der Waals surface area contributed by atoms with Crippen molar-refractivity contribution in [2.24, 2.45) is 11.8 Å². The number of carbonyl (C=O) groups excluding carboxylic acids is 1. The summed E-state index contributed by atoms with van der Waals surface area (Å²) in [5, 5.41) is 18.7. The molecule has 1 amide bonds. The summed E-state index contributed by atoms with van der Waals surface area (Å²) in [4.78, 5) is 23.8. The molecule has 1 unspecified atom stereocenters. The molecule has 0 aliphatic carbocycles. The Morgan fingerprint density at radius 2 is 2.15 bits per heavy atom. The van der Waals surface area contributed by atoms with Crippen molar-refractivity contribution >= 4 is 11.9 Å². The van der Waals surface area contributed by atoms with E-state index in [0.717, 1.165) is 6.07 Å². The van der Waals surface area contributed by atoms with Crippen molar-refractivity contribution in [2.45, 2.75) is 19.4 Å². The predicted octanol–water partition coefficient (Wildman–Crippen LogP) is 2.05. The number of nitrogens with one attached hydrogen (secondary N) is 2. The first kappa shape index (κ1) is 19.0. The van der Waals surface area contributed by atoms with Gasteiger partial charge in [0.05, 0.1) is 11.5 Å². The molecule has 0 spiro atoms. The fourth-order valence-corrected chi connectivity index (χ4v) is 3.33. The zero-order chi connectivity index (χ0) is 19.6. The largest absolute Gasteiger partial charge is 0.481 e. The van der Waals surface area contributed by atoms with Crippen molar-refractivity contribution in [3.63, 3.8) is 0 Å². The molecule has 0 bridgehead atoms. The highest BCUT2D eigenvalue weighted by Crippen LogP contribution is 2.25. The van der Waals surface area contributed by atoms with Crippen LogP contribution >= 0.6 is 0 Å². The number of nitrogens with zero attached hydrogens (tertiary/aromatic N) is 1. The molecular formula is C18H19F2N3O4. The van der Waals surface area contributed by atoms with Crippen molar-refractivity contribution in [3.8, 4) is 11.3 Å². The van der Waals surface area contributed by atoms with Crippen molar-refractivity contribution in [2.75, 3.05) is 13.1 Å². The predicted molar refractivity (Wildman–Crippen MR) is 90.9 cm³/mol. The van der Waals surface area contributed by atoms with E-state index >= 15 is 0 Å². The first-order valence-corrected chi connectivity index (χ1v) is 8.53. The van der Waals surface area contributed by atoms with Crippen LogP contribution in [0.15, 0.2) is 28.8 Å². The molecule has 9 heteroatoms. The Labute approximate surface area is 153 Å². The highest BCUT2D eigenvalue weighted by atomic mass is 19.1. The topological polar surface area (TPSA) is 104 Å². The minimum Gasteiger partial charge on any atom is -0.481 e. The zero-order valence-corrected chi connectivity index (χ0v) is 14.5. The quantitative estimate of drug-likeness (QED) is 0.735. The molecular weight excluding hydrogens is 360 g/mol. The third-order valence-electron chi connectivity index (χ3n) is 4.79. The monoisotopic (exact) mass is 379 g/mol. The summed E-state index contributed by atoms with van der Waals surface area (Å²) in [6, 6.07) is 3.84. The van der Waals surface area contributed by atoms with Gasteiger partial charge in [-0.05, 0) is 37.9 Å². The molecule has 1 aliphatic heterocycles. The summed E-state index contributed by atoms with van der Waals surface area (Å²) in [6.07, 6.45) is 0.614. The molecule has 2 heterocycles. The third kappa shape index (κ3) is 4.13. The highest BCUT2D eigenvalue weighted by molar-refractivity contribution is 5.93. The Morgan fingerprint density at radius 3 is 2.85 bits per heavy atom. The molecule has 1 saturated heterocycles. The fraction of sp³-hybridized carbons (Fsp3) is 0.389. The van der Waals surface area contributed by atoms with Crippen LogP contribution in [-0.4, -0.2) is 41.3 Å². The van der Waals surface area contributed by atoms with E-state index in [1.165, 1.54) is 12.1 Å². The number of carboxylic acids is 1. The van der Waals surface area contributed by atoms with Gasteiger partial charge in [-0.25, -0.2) is 8.78 Å². The van der Waals surface area contributed by atoms with Gasteiger partial charge in [-0.1, -0.05) is 5.16 Å². The van der Waals surface area contributed by atoms with Gasteiger partial charge >= 0.3 is 5.97 Å². The van der Waals surface area contributed by atoms with Gasteiger partial charge in [-0.3, -0.25) is 9.59 Å². The smallest absolute Gasteiger partial charge is 0.308 e. The summed E-state index contributed by atoms with van der Waals surface area (Å²) in [5.41, 5.74) is -0.0818. The maximum absolute atomic E-state index is 13.8. The second-order valence-corrected chi connectivity index (χ2v) is 6.56. The number of piperidine rings is 1. The summed E-state index contributed by atoms with van der Waals surface area (Å²) in [7, 11) is 0. The molecule has 0 radical (unpaired) electrons. The number of hydrogen-bond donors (Lipinski definition) is 3.